The number of carbonyl (C=O) groups is 1. The molecule has 0 bridgehead atoms. The van der Waals surface area contributed by atoms with Gasteiger partial charge in [-0.1, -0.05) is 60.2 Å². The molecule has 1 atom stereocenters. The molecular weight excluding hydrogens is 250 g/mol. The van der Waals surface area contributed by atoms with Crippen LogP contribution in [0.3, 0.4) is 0 Å². The zero-order valence-corrected chi connectivity index (χ0v) is 11.5. The van der Waals surface area contributed by atoms with E-state index in [-0.39, 0.29) is 18.6 Å². The summed E-state index contributed by atoms with van der Waals surface area (Å²) in [7, 11) is 0. The number of nitrogens with one attached hydrogen (secondary N) is 1. The SMILES string of the molecule is Cc1cccc(CC(=O)N[C@@H](CO)c2ccccc2)c1. The second-order valence-corrected chi connectivity index (χ2v) is 4.88. The van der Waals surface area contributed by atoms with Gasteiger partial charge in [0.05, 0.1) is 19.1 Å². The van der Waals surface area contributed by atoms with Gasteiger partial charge in [-0.25, -0.2) is 0 Å². The molecule has 0 unspecified atom stereocenters. The van der Waals surface area contributed by atoms with Crippen molar-refractivity contribution in [2.24, 2.45) is 0 Å². The largest absolute Gasteiger partial charge is 0.394 e. The number of aliphatic hydroxyl groups is 1. The van der Waals surface area contributed by atoms with Gasteiger partial charge in [0, 0.05) is 0 Å². The molecule has 2 rings (SSSR count). The van der Waals surface area contributed by atoms with Crippen molar-refractivity contribution in [1.82, 2.24) is 5.32 Å². The van der Waals surface area contributed by atoms with Crippen LogP contribution in [0, 0.1) is 6.92 Å². The molecule has 0 fully saturated rings. The first-order valence-electron chi connectivity index (χ1n) is 6.70. The topological polar surface area (TPSA) is 49.3 Å². The second-order valence-electron chi connectivity index (χ2n) is 4.88. The zero-order valence-electron chi connectivity index (χ0n) is 11.5. The van der Waals surface area contributed by atoms with E-state index in [9.17, 15) is 9.90 Å². The maximum Gasteiger partial charge on any atom is 0.224 e. The van der Waals surface area contributed by atoms with E-state index in [0.717, 1.165) is 16.7 Å². The Hall–Kier alpha value is -2.13. The van der Waals surface area contributed by atoms with Crippen LogP contribution in [-0.2, 0) is 11.2 Å². The summed E-state index contributed by atoms with van der Waals surface area (Å²) < 4.78 is 0. The predicted octanol–water partition coefficient (Wildman–Crippen LogP) is 2.39. The Morgan fingerprint density at radius 2 is 1.90 bits per heavy atom. The van der Waals surface area contributed by atoms with Crippen molar-refractivity contribution in [3.8, 4) is 0 Å². The highest BCUT2D eigenvalue weighted by atomic mass is 16.3. The predicted molar refractivity (Wildman–Crippen MR) is 79.3 cm³/mol. The Labute approximate surface area is 119 Å². The first kappa shape index (κ1) is 14.3. The minimum Gasteiger partial charge on any atom is -0.394 e. The number of hydrogen-bond donors (Lipinski definition) is 2. The average molecular weight is 269 g/mol. The van der Waals surface area contributed by atoms with Crippen LogP contribution in [0.2, 0.25) is 0 Å². The van der Waals surface area contributed by atoms with E-state index in [2.05, 4.69) is 5.32 Å². The van der Waals surface area contributed by atoms with Crippen LogP contribution in [0.15, 0.2) is 54.6 Å². The van der Waals surface area contributed by atoms with Gasteiger partial charge >= 0.3 is 0 Å². The fourth-order valence-electron chi connectivity index (χ4n) is 2.17. The molecule has 0 aliphatic rings. The normalized spacial score (nSPS) is 11.9. The Morgan fingerprint density at radius 3 is 2.55 bits per heavy atom. The van der Waals surface area contributed by atoms with E-state index >= 15 is 0 Å². The van der Waals surface area contributed by atoms with E-state index < -0.39 is 0 Å². The minimum atomic E-state index is -0.353. The van der Waals surface area contributed by atoms with Gasteiger partial charge < -0.3 is 10.4 Å². The summed E-state index contributed by atoms with van der Waals surface area (Å²) in [6.07, 6.45) is 0.324. The summed E-state index contributed by atoms with van der Waals surface area (Å²) in [5.41, 5.74) is 3.02. The molecule has 0 heterocycles. The van der Waals surface area contributed by atoms with Gasteiger partial charge in [0.2, 0.25) is 5.91 Å². The number of carbonyl (C=O) groups excluding carboxylic acids is 1. The van der Waals surface area contributed by atoms with Crippen LogP contribution in [0.1, 0.15) is 22.7 Å². The Bertz CT molecular complexity index is 566. The molecule has 0 aliphatic heterocycles. The first-order chi connectivity index (χ1) is 9.69. The molecule has 0 saturated heterocycles. The van der Waals surface area contributed by atoms with Gasteiger partial charge in [-0.05, 0) is 18.1 Å². The third kappa shape index (κ3) is 3.93. The number of hydrogen-bond acceptors (Lipinski definition) is 2. The maximum absolute atomic E-state index is 12.0. The molecule has 104 valence electrons. The number of benzene rings is 2. The van der Waals surface area contributed by atoms with Crippen molar-refractivity contribution >= 4 is 5.91 Å². The van der Waals surface area contributed by atoms with Crippen LogP contribution in [0.5, 0.6) is 0 Å². The molecule has 0 spiro atoms. The van der Waals surface area contributed by atoms with Crippen molar-refractivity contribution < 1.29 is 9.90 Å². The van der Waals surface area contributed by atoms with Crippen LogP contribution in [0.4, 0.5) is 0 Å². The second kappa shape index (κ2) is 6.87. The van der Waals surface area contributed by atoms with Gasteiger partial charge in [0.25, 0.3) is 0 Å². The lowest BCUT2D eigenvalue weighted by Gasteiger charge is -2.16. The van der Waals surface area contributed by atoms with E-state index in [1.54, 1.807) is 0 Å². The number of rotatable bonds is 5. The van der Waals surface area contributed by atoms with Crippen LogP contribution >= 0.6 is 0 Å². The molecule has 3 nitrogen and oxygen atoms in total. The van der Waals surface area contributed by atoms with Gasteiger partial charge in [0.1, 0.15) is 0 Å². The Balaban J connectivity index is 2.00. The van der Waals surface area contributed by atoms with Crippen molar-refractivity contribution in [2.75, 3.05) is 6.61 Å². The molecule has 2 aromatic carbocycles. The molecule has 0 radical (unpaired) electrons. The van der Waals surface area contributed by atoms with Gasteiger partial charge in [-0.3, -0.25) is 4.79 Å². The smallest absolute Gasteiger partial charge is 0.224 e. The van der Waals surface area contributed by atoms with Crippen molar-refractivity contribution in [1.29, 1.82) is 0 Å². The first-order valence-corrected chi connectivity index (χ1v) is 6.70. The highest BCUT2D eigenvalue weighted by Gasteiger charge is 2.13. The van der Waals surface area contributed by atoms with Crippen LogP contribution < -0.4 is 5.32 Å². The summed E-state index contributed by atoms with van der Waals surface area (Å²) in [6.45, 7) is 1.89. The van der Waals surface area contributed by atoms with Crippen molar-refractivity contribution in [3.63, 3.8) is 0 Å². The lowest BCUT2D eigenvalue weighted by molar-refractivity contribution is -0.121. The van der Waals surface area contributed by atoms with Gasteiger partial charge in [-0.15, -0.1) is 0 Å². The lowest BCUT2D eigenvalue weighted by Crippen LogP contribution is -2.31. The van der Waals surface area contributed by atoms with E-state index in [0.29, 0.717) is 6.42 Å². The van der Waals surface area contributed by atoms with Gasteiger partial charge in [0.15, 0.2) is 0 Å². The zero-order chi connectivity index (χ0) is 14.4. The lowest BCUT2D eigenvalue weighted by atomic mass is 10.1. The molecule has 0 aliphatic carbocycles. The summed E-state index contributed by atoms with van der Waals surface area (Å²) in [5.74, 6) is -0.0847. The standard InChI is InChI=1S/C17H19NO2/c1-13-6-5-7-14(10-13)11-17(20)18-16(12-19)15-8-3-2-4-9-15/h2-10,16,19H,11-12H2,1H3,(H,18,20)/t16-/m0/s1. The highest BCUT2D eigenvalue weighted by Crippen LogP contribution is 2.12. The molecule has 1 amide bonds. The third-order valence-electron chi connectivity index (χ3n) is 3.17. The molecule has 3 heteroatoms. The number of aryl methyl sites for hydroxylation is 1. The van der Waals surface area contributed by atoms with E-state index in [1.165, 1.54) is 0 Å². The Morgan fingerprint density at radius 1 is 1.15 bits per heavy atom. The fourth-order valence-corrected chi connectivity index (χ4v) is 2.17. The highest BCUT2D eigenvalue weighted by molar-refractivity contribution is 5.79. The maximum atomic E-state index is 12.0. The van der Waals surface area contributed by atoms with E-state index in [4.69, 9.17) is 0 Å². The molecular formula is C17H19NO2. The van der Waals surface area contributed by atoms with Gasteiger partial charge in [-0.2, -0.15) is 0 Å². The van der Waals surface area contributed by atoms with Crippen molar-refractivity contribution in [2.45, 2.75) is 19.4 Å². The number of amides is 1. The summed E-state index contributed by atoms with van der Waals surface area (Å²) >= 11 is 0. The molecule has 0 saturated carbocycles. The molecule has 2 N–H and O–H groups in total. The minimum absolute atomic E-state index is 0.0847. The van der Waals surface area contributed by atoms with E-state index in [1.807, 2.05) is 61.5 Å². The molecule has 20 heavy (non-hydrogen) atoms. The fraction of sp³-hybridized carbons (Fsp3) is 0.235. The summed E-state index contributed by atoms with van der Waals surface area (Å²) in [5, 5.41) is 12.3. The summed E-state index contributed by atoms with van der Waals surface area (Å²) in [4.78, 5) is 12.0. The summed E-state index contributed by atoms with van der Waals surface area (Å²) in [6, 6.07) is 17.0. The monoisotopic (exact) mass is 269 g/mol. The molecule has 2 aromatic rings. The van der Waals surface area contributed by atoms with Crippen LogP contribution in [-0.4, -0.2) is 17.6 Å². The quantitative estimate of drug-likeness (QED) is 0.875. The molecule has 0 aromatic heterocycles. The average Bonchev–Trinajstić information content (AvgIpc) is 2.45. The van der Waals surface area contributed by atoms with Crippen molar-refractivity contribution in [3.05, 3.63) is 71.3 Å². The van der Waals surface area contributed by atoms with Crippen LogP contribution in [0.25, 0.3) is 0 Å². The number of aliphatic hydroxyl groups excluding tert-OH is 1. The third-order valence-corrected chi connectivity index (χ3v) is 3.17. The Kier molecular flexibility index (Phi) is 4.91.